The molecule has 20 heavy (non-hydrogen) atoms. The van der Waals surface area contributed by atoms with Gasteiger partial charge < -0.3 is 9.73 Å². The molecular formula is C15H16ClNO3. The monoisotopic (exact) mass is 293 g/mol. The molecule has 4 nitrogen and oxygen atoms in total. The molecule has 0 saturated heterocycles. The van der Waals surface area contributed by atoms with E-state index < -0.39 is 11.5 Å². The third-order valence-corrected chi connectivity index (χ3v) is 3.35. The molecule has 0 aliphatic rings. The van der Waals surface area contributed by atoms with E-state index in [2.05, 4.69) is 5.32 Å². The summed E-state index contributed by atoms with van der Waals surface area (Å²) in [5, 5.41) is 3.77. The molecule has 1 aromatic heterocycles. The van der Waals surface area contributed by atoms with Gasteiger partial charge in [0.25, 0.3) is 5.91 Å². The van der Waals surface area contributed by atoms with Gasteiger partial charge >= 0.3 is 5.63 Å². The van der Waals surface area contributed by atoms with Crippen molar-refractivity contribution in [1.29, 1.82) is 0 Å². The first-order valence-electron chi connectivity index (χ1n) is 6.56. The molecule has 0 saturated carbocycles. The van der Waals surface area contributed by atoms with Crippen molar-refractivity contribution in [3.8, 4) is 0 Å². The summed E-state index contributed by atoms with van der Waals surface area (Å²) >= 11 is 5.95. The van der Waals surface area contributed by atoms with Crippen LogP contribution in [0.1, 0.15) is 37.0 Å². The molecule has 0 spiro atoms. The summed E-state index contributed by atoms with van der Waals surface area (Å²) in [5.41, 5.74) is -0.369. The van der Waals surface area contributed by atoms with Crippen LogP contribution in [-0.4, -0.2) is 11.9 Å². The van der Waals surface area contributed by atoms with Crippen molar-refractivity contribution in [1.82, 2.24) is 5.32 Å². The fraction of sp³-hybridized carbons (Fsp3) is 0.333. The van der Waals surface area contributed by atoms with Gasteiger partial charge in [0.2, 0.25) is 0 Å². The Balaban J connectivity index is 2.38. The van der Waals surface area contributed by atoms with Crippen molar-refractivity contribution >= 4 is 28.5 Å². The molecule has 1 aromatic carbocycles. The van der Waals surface area contributed by atoms with Crippen LogP contribution in [0.15, 0.2) is 33.5 Å². The number of fused-ring (bicyclic) bond motifs is 1. The van der Waals surface area contributed by atoms with Gasteiger partial charge in [0.1, 0.15) is 5.56 Å². The topological polar surface area (TPSA) is 59.3 Å². The highest BCUT2D eigenvalue weighted by molar-refractivity contribution is 6.34. The molecule has 1 heterocycles. The molecular weight excluding hydrogens is 278 g/mol. The SMILES string of the molecule is CCCC(C)NC(=O)c1cc2cccc(Cl)c2oc1=O. The summed E-state index contributed by atoms with van der Waals surface area (Å²) in [7, 11) is 0. The zero-order valence-electron chi connectivity index (χ0n) is 11.4. The van der Waals surface area contributed by atoms with Crippen molar-refractivity contribution in [2.45, 2.75) is 32.7 Å². The second-order valence-electron chi connectivity index (χ2n) is 4.77. The van der Waals surface area contributed by atoms with Gasteiger partial charge in [-0.2, -0.15) is 0 Å². The average Bonchev–Trinajstić information content (AvgIpc) is 2.39. The van der Waals surface area contributed by atoms with E-state index in [0.717, 1.165) is 12.8 Å². The van der Waals surface area contributed by atoms with Gasteiger partial charge in [-0.25, -0.2) is 4.79 Å². The number of carbonyl (C=O) groups excluding carboxylic acids is 1. The van der Waals surface area contributed by atoms with E-state index in [4.69, 9.17) is 16.0 Å². The van der Waals surface area contributed by atoms with Gasteiger partial charge in [-0.05, 0) is 25.5 Å². The van der Waals surface area contributed by atoms with Crippen LogP contribution in [-0.2, 0) is 0 Å². The molecule has 0 aliphatic heterocycles. The molecule has 5 heteroatoms. The third-order valence-electron chi connectivity index (χ3n) is 3.06. The van der Waals surface area contributed by atoms with E-state index in [1.807, 2.05) is 13.8 Å². The van der Waals surface area contributed by atoms with Gasteiger partial charge in [0.15, 0.2) is 5.58 Å². The van der Waals surface area contributed by atoms with E-state index in [0.29, 0.717) is 16.0 Å². The number of amides is 1. The first-order chi connectivity index (χ1) is 9.52. The zero-order chi connectivity index (χ0) is 14.7. The van der Waals surface area contributed by atoms with Crippen LogP contribution >= 0.6 is 11.6 Å². The predicted octanol–water partition coefficient (Wildman–Crippen LogP) is 3.36. The maximum atomic E-state index is 12.1. The summed E-state index contributed by atoms with van der Waals surface area (Å²) in [6.07, 6.45) is 1.82. The van der Waals surface area contributed by atoms with Crippen molar-refractivity contribution in [2.24, 2.45) is 0 Å². The Bertz CT molecular complexity index is 693. The standard InChI is InChI=1S/C15H16ClNO3/c1-3-5-9(2)17-14(18)11-8-10-6-4-7-12(16)13(10)20-15(11)19/h4,6-9H,3,5H2,1-2H3,(H,17,18). The van der Waals surface area contributed by atoms with Gasteiger partial charge in [-0.15, -0.1) is 0 Å². The Morgan fingerprint density at radius 3 is 2.90 bits per heavy atom. The van der Waals surface area contributed by atoms with E-state index >= 15 is 0 Å². The Morgan fingerprint density at radius 2 is 2.20 bits per heavy atom. The lowest BCUT2D eigenvalue weighted by Crippen LogP contribution is -2.35. The van der Waals surface area contributed by atoms with Crippen LogP contribution in [0.25, 0.3) is 11.0 Å². The maximum Gasteiger partial charge on any atom is 0.349 e. The molecule has 0 radical (unpaired) electrons. The lowest BCUT2D eigenvalue weighted by molar-refractivity contribution is 0.0935. The summed E-state index contributed by atoms with van der Waals surface area (Å²) < 4.78 is 5.14. The maximum absolute atomic E-state index is 12.1. The second kappa shape index (κ2) is 6.09. The van der Waals surface area contributed by atoms with Crippen LogP contribution in [0.5, 0.6) is 0 Å². The van der Waals surface area contributed by atoms with Gasteiger partial charge in [0, 0.05) is 11.4 Å². The van der Waals surface area contributed by atoms with Gasteiger partial charge in [0.05, 0.1) is 5.02 Å². The largest absolute Gasteiger partial charge is 0.421 e. The smallest absolute Gasteiger partial charge is 0.349 e. The van der Waals surface area contributed by atoms with Crippen LogP contribution in [0, 0.1) is 0 Å². The highest BCUT2D eigenvalue weighted by Gasteiger charge is 2.16. The molecule has 0 bridgehead atoms. The number of para-hydroxylation sites is 1. The Labute approximate surface area is 121 Å². The molecule has 1 unspecified atom stereocenters. The summed E-state index contributed by atoms with van der Waals surface area (Å²) in [5.74, 6) is -0.415. The molecule has 2 rings (SSSR count). The summed E-state index contributed by atoms with van der Waals surface area (Å²) in [6.45, 7) is 3.94. The van der Waals surface area contributed by atoms with E-state index in [9.17, 15) is 9.59 Å². The fourth-order valence-corrected chi connectivity index (χ4v) is 2.29. The Morgan fingerprint density at radius 1 is 1.45 bits per heavy atom. The highest BCUT2D eigenvalue weighted by Crippen LogP contribution is 2.22. The number of halogens is 1. The van der Waals surface area contributed by atoms with Crippen LogP contribution in [0.3, 0.4) is 0 Å². The molecule has 1 atom stereocenters. The number of hydrogen-bond acceptors (Lipinski definition) is 3. The number of benzene rings is 1. The number of rotatable bonds is 4. The van der Waals surface area contributed by atoms with E-state index in [1.165, 1.54) is 6.07 Å². The minimum atomic E-state index is -0.674. The zero-order valence-corrected chi connectivity index (χ0v) is 12.2. The predicted molar refractivity (Wildman–Crippen MR) is 79.3 cm³/mol. The Kier molecular flexibility index (Phi) is 4.45. The van der Waals surface area contributed by atoms with Gasteiger partial charge in [-0.3, -0.25) is 4.79 Å². The lowest BCUT2D eigenvalue weighted by atomic mass is 10.1. The van der Waals surface area contributed by atoms with E-state index in [1.54, 1.807) is 18.2 Å². The minimum Gasteiger partial charge on any atom is -0.421 e. The molecule has 106 valence electrons. The van der Waals surface area contributed by atoms with Crippen LogP contribution in [0.2, 0.25) is 5.02 Å². The van der Waals surface area contributed by atoms with Crippen molar-refractivity contribution in [2.75, 3.05) is 0 Å². The van der Waals surface area contributed by atoms with Crippen LogP contribution in [0.4, 0.5) is 0 Å². The Hall–Kier alpha value is -1.81. The third kappa shape index (κ3) is 3.02. The number of carbonyl (C=O) groups is 1. The number of nitrogens with one attached hydrogen (secondary N) is 1. The molecule has 2 aromatic rings. The normalized spacial score (nSPS) is 12.3. The first kappa shape index (κ1) is 14.6. The summed E-state index contributed by atoms with van der Waals surface area (Å²) in [4.78, 5) is 24.0. The van der Waals surface area contributed by atoms with Crippen molar-refractivity contribution < 1.29 is 9.21 Å². The van der Waals surface area contributed by atoms with E-state index in [-0.39, 0.29) is 11.6 Å². The molecule has 1 N–H and O–H groups in total. The summed E-state index contributed by atoms with van der Waals surface area (Å²) in [6, 6.07) is 6.65. The van der Waals surface area contributed by atoms with Crippen LogP contribution < -0.4 is 10.9 Å². The molecule has 0 fully saturated rings. The second-order valence-corrected chi connectivity index (χ2v) is 5.18. The van der Waals surface area contributed by atoms with Gasteiger partial charge in [-0.1, -0.05) is 37.1 Å². The number of hydrogen-bond donors (Lipinski definition) is 1. The van der Waals surface area contributed by atoms with Crippen molar-refractivity contribution in [3.05, 3.63) is 45.3 Å². The van der Waals surface area contributed by atoms with Crippen molar-refractivity contribution in [3.63, 3.8) is 0 Å². The first-order valence-corrected chi connectivity index (χ1v) is 6.94. The molecule has 1 amide bonds. The lowest BCUT2D eigenvalue weighted by Gasteiger charge is -2.12. The average molecular weight is 294 g/mol. The fourth-order valence-electron chi connectivity index (χ4n) is 2.07. The quantitative estimate of drug-likeness (QED) is 0.879. The highest BCUT2D eigenvalue weighted by atomic mass is 35.5. The molecule has 0 aliphatic carbocycles. The minimum absolute atomic E-state index is 0.00252.